The van der Waals surface area contributed by atoms with Gasteiger partial charge in [-0.15, -0.1) is 0 Å². The molecular weight excluding hydrogens is 296 g/mol. The minimum atomic E-state index is -1.10. The molecule has 0 spiro atoms. The highest BCUT2D eigenvalue weighted by molar-refractivity contribution is 6.30. The number of aromatic nitrogens is 1. The molecule has 108 valence electrons. The minimum absolute atomic E-state index is 0.0372. The van der Waals surface area contributed by atoms with Gasteiger partial charge in [0.2, 0.25) is 0 Å². The number of anilines is 1. The molecule has 0 bridgehead atoms. The second-order valence-electron chi connectivity index (χ2n) is 4.04. The van der Waals surface area contributed by atoms with Crippen LogP contribution in [0.5, 0.6) is 5.75 Å². The van der Waals surface area contributed by atoms with Gasteiger partial charge < -0.3 is 15.2 Å². The van der Waals surface area contributed by atoms with Gasteiger partial charge in [-0.25, -0.2) is 9.78 Å². The van der Waals surface area contributed by atoms with Gasteiger partial charge in [0.15, 0.2) is 0 Å². The summed E-state index contributed by atoms with van der Waals surface area (Å²) in [4.78, 5) is 26.9. The molecule has 1 amide bonds. The molecule has 2 rings (SSSR count). The number of hydrogen-bond acceptors (Lipinski definition) is 4. The van der Waals surface area contributed by atoms with Crippen molar-refractivity contribution in [3.05, 3.63) is 52.8 Å². The Morgan fingerprint density at radius 3 is 2.62 bits per heavy atom. The molecule has 0 radical (unpaired) electrons. The third-order valence-electron chi connectivity index (χ3n) is 2.65. The fraction of sp³-hybridized carbons (Fsp3) is 0.0714. The molecule has 0 atom stereocenters. The Kier molecular flexibility index (Phi) is 4.39. The maximum Gasteiger partial charge on any atom is 0.335 e. The Balaban J connectivity index is 2.29. The van der Waals surface area contributed by atoms with Crippen LogP contribution in [0.25, 0.3) is 0 Å². The molecule has 0 unspecified atom stereocenters. The van der Waals surface area contributed by atoms with E-state index in [0.29, 0.717) is 10.8 Å². The van der Waals surface area contributed by atoms with Crippen molar-refractivity contribution in [2.24, 2.45) is 0 Å². The van der Waals surface area contributed by atoms with Crippen molar-refractivity contribution in [2.45, 2.75) is 0 Å². The van der Waals surface area contributed by atoms with Crippen molar-refractivity contribution >= 4 is 29.2 Å². The molecule has 2 aromatic rings. The fourth-order valence-corrected chi connectivity index (χ4v) is 1.75. The van der Waals surface area contributed by atoms with Crippen LogP contribution in [-0.4, -0.2) is 29.1 Å². The van der Waals surface area contributed by atoms with Gasteiger partial charge in [0.1, 0.15) is 11.4 Å². The molecule has 0 saturated carbocycles. The van der Waals surface area contributed by atoms with Gasteiger partial charge in [-0.1, -0.05) is 11.6 Å². The van der Waals surface area contributed by atoms with E-state index in [1.807, 2.05) is 0 Å². The van der Waals surface area contributed by atoms with Crippen molar-refractivity contribution in [1.29, 1.82) is 0 Å². The van der Waals surface area contributed by atoms with Gasteiger partial charge in [0.05, 0.1) is 23.4 Å². The smallest absolute Gasteiger partial charge is 0.335 e. The number of carboxylic acids is 1. The average Bonchev–Trinajstić information content (AvgIpc) is 2.47. The zero-order valence-electron chi connectivity index (χ0n) is 11.0. The first-order valence-corrected chi connectivity index (χ1v) is 6.23. The maximum absolute atomic E-state index is 12.1. The third kappa shape index (κ3) is 3.49. The Morgan fingerprint density at radius 2 is 2.05 bits per heavy atom. The quantitative estimate of drug-likeness (QED) is 0.906. The summed E-state index contributed by atoms with van der Waals surface area (Å²) in [6, 6.07) is 7.17. The van der Waals surface area contributed by atoms with Crippen LogP contribution in [0.3, 0.4) is 0 Å². The number of rotatable bonds is 4. The average molecular weight is 307 g/mol. The molecule has 21 heavy (non-hydrogen) atoms. The van der Waals surface area contributed by atoms with Crippen molar-refractivity contribution in [1.82, 2.24) is 4.98 Å². The number of pyridine rings is 1. The standard InChI is InChI=1S/C14H11ClN2O4/c1-21-12-5-2-8(14(19)20)6-11(12)17-13(18)10-4-3-9(15)7-16-10/h2-7H,1H3,(H,17,18)(H,19,20). The molecule has 0 saturated heterocycles. The summed E-state index contributed by atoms with van der Waals surface area (Å²) in [5.41, 5.74) is 0.441. The molecule has 1 aromatic carbocycles. The first-order valence-electron chi connectivity index (χ1n) is 5.85. The lowest BCUT2D eigenvalue weighted by Crippen LogP contribution is -2.14. The molecule has 2 N–H and O–H groups in total. The van der Waals surface area contributed by atoms with Crippen LogP contribution in [0.2, 0.25) is 5.02 Å². The van der Waals surface area contributed by atoms with Gasteiger partial charge in [0, 0.05) is 6.20 Å². The first kappa shape index (κ1) is 14.8. The lowest BCUT2D eigenvalue weighted by atomic mass is 10.2. The van der Waals surface area contributed by atoms with E-state index in [9.17, 15) is 9.59 Å². The Bertz CT molecular complexity index is 686. The summed E-state index contributed by atoms with van der Waals surface area (Å²) in [5, 5.41) is 11.9. The predicted octanol–water partition coefficient (Wildman–Crippen LogP) is 2.69. The van der Waals surface area contributed by atoms with Crippen molar-refractivity contribution < 1.29 is 19.4 Å². The number of benzene rings is 1. The number of amides is 1. The number of hydrogen-bond donors (Lipinski definition) is 2. The Morgan fingerprint density at radius 1 is 1.29 bits per heavy atom. The van der Waals surface area contributed by atoms with Crippen molar-refractivity contribution in [2.75, 3.05) is 12.4 Å². The number of nitrogens with one attached hydrogen (secondary N) is 1. The minimum Gasteiger partial charge on any atom is -0.495 e. The molecule has 1 heterocycles. The Hall–Kier alpha value is -2.60. The van der Waals surface area contributed by atoms with E-state index in [2.05, 4.69) is 10.3 Å². The summed E-state index contributed by atoms with van der Waals surface area (Å²) in [6.45, 7) is 0. The molecule has 0 aliphatic heterocycles. The lowest BCUT2D eigenvalue weighted by Gasteiger charge is -2.10. The number of carboxylic acid groups (broad SMARTS) is 1. The van der Waals surface area contributed by atoms with Gasteiger partial charge in [-0.05, 0) is 30.3 Å². The van der Waals surface area contributed by atoms with Gasteiger partial charge in [-0.3, -0.25) is 4.79 Å². The van der Waals surface area contributed by atoms with Crippen LogP contribution in [-0.2, 0) is 0 Å². The molecule has 0 fully saturated rings. The van der Waals surface area contributed by atoms with Gasteiger partial charge >= 0.3 is 5.97 Å². The number of nitrogens with zero attached hydrogens (tertiary/aromatic N) is 1. The van der Waals surface area contributed by atoms with Crippen LogP contribution < -0.4 is 10.1 Å². The largest absolute Gasteiger partial charge is 0.495 e. The van der Waals surface area contributed by atoms with Gasteiger partial charge in [-0.2, -0.15) is 0 Å². The molecule has 6 nitrogen and oxygen atoms in total. The van der Waals surface area contributed by atoms with E-state index in [0.717, 1.165) is 0 Å². The zero-order valence-corrected chi connectivity index (χ0v) is 11.7. The topological polar surface area (TPSA) is 88.5 Å². The van der Waals surface area contributed by atoms with Crippen molar-refractivity contribution in [3.63, 3.8) is 0 Å². The van der Waals surface area contributed by atoms with Crippen LogP contribution in [0.1, 0.15) is 20.8 Å². The maximum atomic E-state index is 12.1. The number of methoxy groups -OCH3 is 1. The molecule has 0 aliphatic rings. The summed E-state index contributed by atoms with van der Waals surface area (Å²) in [5.74, 6) is -1.24. The number of carbonyl (C=O) groups is 2. The number of carbonyl (C=O) groups excluding carboxylic acids is 1. The highest BCUT2D eigenvalue weighted by Crippen LogP contribution is 2.26. The highest BCUT2D eigenvalue weighted by atomic mass is 35.5. The summed E-state index contributed by atoms with van der Waals surface area (Å²) in [7, 11) is 1.42. The highest BCUT2D eigenvalue weighted by Gasteiger charge is 2.13. The fourth-order valence-electron chi connectivity index (χ4n) is 1.64. The monoisotopic (exact) mass is 306 g/mol. The summed E-state index contributed by atoms with van der Waals surface area (Å²) in [6.07, 6.45) is 1.35. The van der Waals surface area contributed by atoms with Crippen LogP contribution >= 0.6 is 11.6 Å². The van der Waals surface area contributed by atoms with E-state index in [1.54, 1.807) is 0 Å². The lowest BCUT2D eigenvalue weighted by molar-refractivity contribution is 0.0696. The second-order valence-corrected chi connectivity index (χ2v) is 4.47. The van der Waals surface area contributed by atoms with E-state index in [1.165, 1.54) is 43.6 Å². The number of aromatic carboxylic acids is 1. The second kappa shape index (κ2) is 6.23. The zero-order chi connectivity index (χ0) is 15.4. The van der Waals surface area contributed by atoms with E-state index >= 15 is 0 Å². The van der Waals surface area contributed by atoms with Crippen LogP contribution in [0, 0.1) is 0 Å². The van der Waals surface area contributed by atoms with E-state index < -0.39 is 11.9 Å². The van der Waals surface area contributed by atoms with Crippen LogP contribution in [0.4, 0.5) is 5.69 Å². The molecule has 7 heteroatoms. The van der Waals surface area contributed by atoms with Crippen LogP contribution in [0.15, 0.2) is 36.5 Å². The number of halogens is 1. The molecule has 0 aliphatic carbocycles. The Labute approximate surface area is 125 Å². The predicted molar refractivity (Wildman–Crippen MR) is 77.2 cm³/mol. The molecular formula is C14H11ClN2O4. The van der Waals surface area contributed by atoms with Crippen molar-refractivity contribution in [3.8, 4) is 5.75 Å². The number of ether oxygens (including phenoxy) is 1. The molecule has 1 aromatic heterocycles. The SMILES string of the molecule is COc1ccc(C(=O)O)cc1NC(=O)c1ccc(Cl)cn1. The normalized spacial score (nSPS) is 10.0. The summed E-state index contributed by atoms with van der Waals surface area (Å²) < 4.78 is 5.09. The first-order chi connectivity index (χ1) is 10.0. The van der Waals surface area contributed by atoms with Gasteiger partial charge in [0.25, 0.3) is 5.91 Å². The van der Waals surface area contributed by atoms with E-state index in [-0.39, 0.29) is 16.9 Å². The third-order valence-corrected chi connectivity index (χ3v) is 2.88. The van der Waals surface area contributed by atoms with E-state index in [4.69, 9.17) is 21.4 Å². The summed E-state index contributed by atoms with van der Waals surface area (Å²) >= 11 is 5.70.